The largest absolute Gasteiger partial charge is 0.352 e. The van der Waals surface area contributed by atoms with E-state index < -0.39 is 9.84 Å². The molecule has 9 heteroatoms. The van der Waals surface area contributed by atoms with Gasteiger partial charge in [0.2, 0.25) is 5.95 Å². The predicted molar refractivity (Wildman–Crippen MR) is 129 cm³/mol. The summed E-state index contributed by atoms with van der Waals surface area (Å²) in [5.41, 5.74) is 2.09. The Bertz CT molecular complexity index is 1320. The van der Waals surface area contributed by atoms with Gasteiger partial charge in [-0.3, -0.25) is 4.79 Å². The molecule has 0 fully saturated rings. The van der Waals surface area contributed by atoms with E-state index in [1.165, 1.54) is 16.3 Å². The molecule has 4 aromatic rings. The summed E-state index contributed by atoms with van der Waals surface area (Å²) in [5.74, 6) is 0.280. The van der Waals surface area contributed by atoms with Crippen LogP contribution < -0.4 is 10.6 Å². The van der Waals surface area contributed by atoms with Crippen molar-refractivity contribution in [1.82, 2.24) is 15.3 Å². The number of anilines is 2. The molecule has 0 aliphatic heterocycles. The Morgan fingerprint density at radius 3 is 2.59 bits per heavy atom. The molecule has 0 radical (unpaired) electrons. The Hall–Kier alpha value is -3.30. The Kier molecular flexibility index (Phi) is 6.48. The minimum absolute atomic E-state index is 0.0523. The molecule has 1 amide bonds. The number of nitrogens with zero attached hydrogens (tertiary/aromatic N) is 2. The minimum Gasteiger partial charge on any atom is -0.352 e. The van der Waals surface area contributed by atoms with E-state index >= 15 is 0 Å². The molecule has 2 aromatic heterocycles. The molecule has 4 rings (SSSR count). The molecule has 0 spiro atoms. The molecule has 7 nitrogen and oxygen atoms in total. The number of fused-ring (bicyclic) bond motifs is 1. The molecule has 0 bridgehead atoms. The summed E-state index contributed by atoms with van der Waals surface area (Å²) in [6.45, 7) is 0.310. The molecule has 164 valence electrons. The van der Waals surface area contributed by atoms with Gasteiger partial charge >= 0.3 is 0 Å². The SMILES string of the molecule is CS(=O)(=O)CCCNC(=O)c1ccc(Nc2nccc(-c3cc4ccccc4s3)n2)cc1. The van der Waals surface area contributed by atoms with Gasteiger partial charge < -0.3 is 10.6 Å². The summed E-state index contributed by atoms with van der Waals surface area (Å²) >= 11 is 1.68. The smallest absolute Gasteiger partial charge is 0.251 e. The van der Waals surface area contributed by atoms with Crippen LogP contribution in [0.4, 0.5) is 11.6 Å². The third-order valence-electron chi connectivity index (χ3n) is 4.71. The van der Waals surface area contributed by atoms with Crippen LogP contribution in [0.5, 0.6) is 0 Å². The van der Waals surface area contributed by atoms with Gasteiger partial charge in [0.1, 0.15) is 9.84 Å². The van der Waals surface area contributed by atoms with Crippen LogP contribution in [0, 0.1) is 0 Å². The van der Waals surface area contributed by atoms with E-state index in [0.717, 1.165) is 16.3 Å². The summed E-state index contributed by atoms with van der Waals surface area (Å²) in [4.78, 5) is 22.2. The molecule has 0 aliphatic rings. The molecule has 2 aromatic carbocycles. The standard InChI is InChI=1S/C23H22N4O3S2/c1-32(29,30)14-4-12-24-22(28)16-7-9-18(10-8-16)26-23-25-13-11-19(27-23)21-15-17-5-2-3-6-20(17)31-21/h2-3,5-11,13,15H,4,12,14H2,1H3,(H,24,28)(H,25,26,27). The number of amides is 1. The topological polar surface area (TPSA) is 101 Å². The maximum Gasteiger partial charge on any atom is 0.251 e. The van der Waals surface area contributed by atoms with Crippen molar-refractivity contribution in [3.63, 3.8) is 0 Å². The first-order valence-electron chi connectivity index (χ1n) is 10.0. The van der Waals surface area contributed by atoms with Crippen LogP contribution >= 0.6 is 11.3 Å². The fourth-order valence-corrected chi connectivity index (χ4v) is 4.84. The van der Waals surface area contributed by atoms with Crippen LogP contribution in [0.25, 0.3) is 20.7 Å². The van der Waals surface area contributed by atoms with Crippen molar-refractivity contribution in [1.29, 1.82) is 0 Å². The summed E-state index contributed by atoms with van der Waals surface area (Å²) in [7, 11) is -3.02. The average Bonchev–Trinajstić information content (AvgIpc) is 3.21. The van der Waals surface area contributed by atoms with E-state index in [4.69, 9.17) is 0 Å². The molecule has 0 saturated carbocycles. The minimum atomic E-state index is -3.02. The zero-order chi connectivity index (χ0) is 22.6. The second-order valence-electron chi connectivity index (χ2n) is 7.36. The maximum absolute atomic E-state index is 12.2. The van der Waals surface area contributed by atoms with Crippen LogP contribution in [0.15, 0.2) is 66.9 Å². The van der Waals surface area contributed by atoms with Crippen molar-refractivity contribution in [2.45, 2.75) is 6.42 Å². The third-order valence-corrected chi connectivity index (χ3v) is 6.88. The Morgan fingerprint density at radius 2 is 1.84 bits per heavy atom. The number of carbonyl (C=O) groups excluding carboxylic acids is 1. The highest BCUT2D eigenvalue weighted by Gasteiger charge is 2.09. The van der Waals surface area contributed by atoms with Crippen LogP contribution in [0.3, 0.4) is 0 Å². The van der Waals surface area contributed by atoms with E-state index in [1.54, 1.807) is 41.8 Å². The van der Waals surface area contributed by atoms with Crippen molar-refractivity contribution in [2.24, 2.45) is 0 Å². The van der Waals surface area contributed by atoms with Gasteiger partial charge in [0.15, 0.2) is 0 Å². The highest BCUT2D eigenvalue weighted by atomic mass is 32.2. The first kappa shape index (κ1) is 21.9. The van der Waals surface area contributed by atoms with Crippen molar-refractivity contribution < 1.29 is 13.2 Å². The molecule has 0 unspecified atom stereocenters. The van der Waals surface area contributed by atoms with Crippen LogP contribution in [0.2, 0.25) is 0 Å². The van der Waals surface area contributed by atoms with Gasteiger partial charge in [-0.15, -0.1) is 11.3 Å². The fourth-order valence-electron chi connectivity index (χ4n) is 3.14. The summed E-state index contributed by atoms with van der Waals surface area (Å²) in [6, 6.07) is 19.2. The number of carbonyl (C=O) groups is 1. The van der Waals surface area contributed by atoms with Crippen LogP contribution in [-0.2, 0) is 9.84 Å². The Morgan fingerprint density at radius 1 is 1.06 bits per heavy atom. The molecule has 0 saturated heterocycles. The molecule has 0 atom stereocenters. The van der Waals surface area contributed by atoms with E-state index in [2.05, 4.69) is 38.8 Å². The first-order chi connectivity index (χ1) is 15.4. The molecule has 32 heavy (non-hydrogen) atoms. The van der Waals surface area contributed by atoms with Crippen LogP contribution in [-0.4, -0.2) is 42.8 Å². The number of hydrogen-bond donors (Lipinski definition) is 2. The number of aromatic nitrogens is 2. The number of thiophene rings is 1. The van der Waals surface area contributed by atoms with Gasteiger partial charge in [0.05, 0.1) is 16.3 Å². The van der Waals surface area contributed by atoms with Crippen molar-refractivity contribution in [2.75, 3.05) is 23.9 Å². The normalized spacial score (nSPS) is 11.4. The molecule has 0 aliphatic carbocycles. The Labute approximate surface area is 190 Å². The van der Waals surface area contributed by atoms with E-state index in [1.807, 2.05) is 18.2 Å². The summed E-state index contributed by atoms with van der Waals surface area (Å²) < 4.78 is 23.5. The van der Waals surface area contributed by atoms with E-state index in [0.29, 0.717) is 24.5 Å². The lowest BCUT2D eigenvalue weighted by molar-refractivity contribution is 0.0953. The number of sulfone groups is 1. The van der Waals surface area contributed by atoms with Gasteiger partial charge in [-0.25, -0.2) is 18.4 Å². The van der Waals surface area contributed by atoms with Crippen LogP contribution in [0.1, 0.15) is 16.8 Å². The van der Waals surface area contributed by atoms with Gasteiger partial charge in [-0.2, -0.15) is 0 Å². The second-order valence-corrected chi connectivity index (χ2v) is 10.7. The molecule has 2 heterocycles. The van der Waals surface area contributed by atoms with Crippen molar-refractivity contribution >= 4 is 48.8 Å². The fraction of sp³-hybridized carbons (Fsp3) is 0.174. The molecule has 2 N–H and O–H groups in total. The summed E-state index contributed by atoms with van der Waals surface area (Å²) in [5, 5.41) is 7.08. The lowest BCUT2D eigenvalue weighted by Crippen LogP contribution is -2.25. The zero-order valence-electron chi connectivity index (χ0n) is 17.4. The van der Waals surface area contributed by atoms with Gasteiger partial charge in [-0.05, 0) is 54.3 Å². The van der Waals surface area contributed by atoms with Gasteiger partial charge in [-0.1, -0.05) is 18.2 Å². The lowest BCUT2D eigenvalue weighted by Gasteiger charge is -2.08. The number of benzene rings is 2. The predicted octanol–water partition coefficient (Wildman–Crippen LogP) is 4.27. The first-order valence-corrected chi connectivity index (χ1v) is 12.9. The molecular formula is C23H22N4O3S2. The monoisotopic (exact) mass is 466 g/mol. The number of hydrogen-bond acceptors (Lipinski definition) is 7. The quantitative estimate of drug-likeness (QED) is 0.376. The van der Waals surface area contributed by atoms with Crippen molar-refractivity contribution in [3.8, 4) is 10.6 Å². The van der Waals surface area contributed by atoms with Gasteiger partial charge in [0, 0.05) is 34.9 Å². The highest BCUT2D eigenvalue weighted by molar-refractivity contribution is 7.90. The maximum atomic E-state index is 12.2. The summed E-state index contributed by atoms with van der Waals surface area (Å²) in [6.07, 6.45) is 3.29. The number of rotatable bonds is 8. The lowest BCUT2D eigenvalue weighted by atomic mass is 10.2. The van der Waals surface area contributed by atoms with E-state index in [-0.39, 0.29) is 11.7 Å². The number of nitrogens with one attached hydrogen (secondary N) is 2. The molecular weight excluding hydrogens is 444 g/mol. The third kappa shape index (κ3) is 5.68. The van der Waals surface area contributed by atoms with Crippen molar-refractivity contribution in [3.05, 3.63) is 72.4 Å². The second kappa shape index (κ2) is 9.46. The van der Waals surface area contributed by atoms with E-state index in [9.17, 15) is 13.2 Å². The highest BCUT2D eigenvalue weighted by Crippen LogP contribution is 2.32. The Balaban J connectivity index is 1.39. The zero-order valence-corrected chi connectivity index (χ0v) is 19.0. The average molecular weight is 467 g/mol. The van der Waals surface area contributed by atoms with Gasteiger partial charge in [0.25, 0.3) is 5.91 Å².